The molecule has 1 saturated heterocycles. The summed E-state index contributed by atoms with van der Waals surface area (Å²) < 4.78 is 10.7. The predicted octanol–water partition coefficient (Wildman–Crippen LogP) is 3.62. The molecule has 1 heterocycles. The molecule has 6 heteroatoms. The normalized spacial score (nSPS) is 14.6. The van der Waals surface area contributed by atoms with E-state index in [1.165, 1.54) is 11.1 Å². The van der Waals surface area contributed by atoms with Crippen molar-refractivity contribution in [2.75, 3.05) is 45.7 Å². The molecule has 1 fully saturated rings. The van der Waals surface area contributed by atoms with E-state index in [1.807, 2.05) is 29.2 Å². The summed E-state index contributed by atoms with van der Waals surface area (Å²) in [7, 11) is 3.29. The van der Waals surface area contributed by atoms with Crippen LogP contribution in [0.15, 0.2) is 42.5 Å². The Bertz CT molecular complexity index is 784. The van der Waals surface area contributed by atoms with Crippen LogP contribution in [-0.4, -0.2) is 56.2 Å². The molecule has 0 aliphatic carbocycles. The summed E-state index contributed by atoms with van der Waals surface area (Å²) >= 11 is 0. The zero-order valence-electron chi connectivity index (χ0n) is 16.9. The fourth-order valence-electron chi connectivity index (χ4n) is 3.37. The van der Waals surface area contributed by atoms with Crippen LogP contribution in [0.3, 0.4) is 0 Å². The second-order valence-electron chi connectivity index (χ2n) is 6.93. The van der Waals surface area contributed by atoms with Crippen molar-refractivity contribution in [2.45, 2.75) is 19.9 Å². The summed E-state index contributed by atoms with van der Waals surface area (Å²) in [6.45, 7) is 6.06. The molecule has 0 unspecified atom stereocenters. The Balaban J connectivity index is 1.50. The van der Waals surface area contributed by atoms with E-state index in [9.17, 15) is 4.79 Å². The topological polar surface area (TPSA) is 54.0 Å². The number of methoxy groups -OCH3 is 2. The summed E-state index contributed by atoms with van der Waals surface area (Å²) in [5.74, 6) is 1.48. The van der Waals surface area contributed by atoms with Crippen LogP contribution in [-0.2, 0) is 13.0 Å². The first kappa shape index (κ1) is 20.0. The van der Waals surface area contributed by atoms with Crippen LogP contribution in [0.2, 0.25) is 0 Å². The molecule has 0 atom stereocenters. The highest BCUT2D eigenvalue weighted by Crippen LogP contribution is 2.28. The minimum atomic E-state index is -0.0324. The number of piperazine rings is 1. The molecule has 1 N–H and O–H groups in total. The van der Waals surface area contributed by atoms with Crippen LogP contribution in [0, 0.1) is 0 Å². The molecule has 2 amide bonds. The van der Waals surface area contributed by atoms with Crippen molar-refractivity contribution >= 4 is 11.7 Å². The zero-order chi connectivity index (χ0) is 19.9. The Morgan fingerprint density at radius 1 is 0.929 bits per heavy atom. The molecule has 1 aliphatic heterocycles. The lowest BCUT2D eigenvalue weighted by atomic mass is 10.1. The minimum absolute atomic E-state index is 0.0324. The molecule has 3 rings (SSSR count). The predicted molar refractivity (Wildman–Crippen MR) is 111 cm³/mol. The van der Waals surface area contributed by atoms with Gasteiger partial charge < -0.3 is 19.7 Å². The van der Waals surface area contributed by atoms with Crippen molar-refractivity contribution in [1.82, 2.24) is 9.80 Å². The Kier molecular flexibility index (Phi) is 6.76. The number of carbonyl (C=O) groups excluding carboxylic acids is 1. The van der Waals surface area contributed by atoms with Crippen LogP contribution in [0.4, 0.5) is 10.5 Å². The van der Waals surface area contributed by atoms with E-state index >= 15 is 0 Å². The van der Waals surface area contributed by atoms with Gasteiger partial charge in [-0.1, -0.05) is 25.1 Å². The third kappa shape index (κ3) is 4.95. The summed E-state index contributed by atoms with van der Waals surface area (Å²) in [6, 6.07) is 14.0. The van der Waals surface area contributed by atoms with E-state index < -0.39 is 0 Å². The highest BCUT2D eigenvalue weighted by molar-refractivity contribution is 5.89. The van der Waals surface area contributed by atoms with Gasteiger partial charge in [-0.3, -0.25) is 4.90 Å². The fraction of sp³-hybridized carbons (Fsp3) is 0.409. The summed E-state index contributed by atoms with van der Waals surface area (Å²) in [5.41, 5.74) is 3.28. The molecule has 28 heavy (non-hydrogen) atoms. The molecule has 0 bridgehead atoms. The van der Waals surface area contributed by atoms with E-state index in [0.29, 0.717) is 13.1 Å². The van der Waals surface area contributed by atoms with Gasteiger partial charge >= 0.3 is 6.03 Å². The van der Waals surface area contributed by atoms with Crippen molar-refractivity contribution < 1.29 is 14.3 Å². The van der Waals surface area contributed by atoms with Crippen molar-refractivity contribution in [3.8, 4) is 11.5 Å². The number of anilines is 1. The van der Waals surface area contributed by atoms with Gasteiger partial charge in [-0.15, -0.1) is 0 Å². The quantitative estimate of drug-likeness (QED) is 0.828. The van der Waals surface area contributed by atoms with Gasteiger partial charge in [-0.2, -0.15) is 0 Å². The summed E-state index contributed by atoms with van der Waals surface area (Å²) in [6.07, 6.45) is 0.996. The van der Waals surface area contributed by atoms with Gasteiger partial charge in [0.15, 0.2) is 11.5 Å². The maximum absolute atomic E-state index is 12.5. The first-order valence-corrected chi connectivity index (χ1v) is 9.71. The molecule has 0 saturated carbocycles. The summed E-state index contributed by atoms with van der Waals surface area (Å²) in [5, 5.41) is 2.99. The van der Waals surface area contributed by atoms with Crippen LogP contribution in [0.5, 0.6) is 11.5 Å². The van der Waals surface area contributed by atoms with Gasteiger partial charge in [-0.05, 0) is 41.8 Å². The molecule has 0 radical (unpaired) electrons. The number of benzene rings is 2. The maximum atomic E-state index is 12.5. The molecule has 150 valence electrons. The van der Waals surface area contributed by atoms with Crippen molar-refractivity contribution in [3.05, 3.63) is 53.6 Å². The van der Waals surface area contributed by atoms with Gasteiger partial charge in [0, 0.05) is 38.4 Å². The monoisotopic (exact) mass is 383 g/mol. The molecule has 2 aromatic rings. The standard InChI is InChI=1S/C22H29N3O3/c1-4-17-5-8-19(9-6-17)23-22(26)25-13-11-24(12-14-25)16-18-7-10-20(27-2)21(15-18)28-3/h5-10,15H,4,11-14,16H2,1-3H3,(H,23,26). The molecule has 0 spiro atoms. The average Bonchev–Trinajstić information content (AvgIpc) is 2.74. The fourth-order valence-corrected chi connectivity index (χ4v) is 3.37. The van der Waals surface area contributed by atoms with E-state index in [1.54, 1.807) is 14.2 Å². The van der Waals surface area contributed by atoms with Gasteiger partial charge in [-0.25, -0.2) is 4.79 Å². The highest BCUT2D eigenvalue weighted by atomic mass is 16.5. The molecular weight excluding hydrogens is 354 g/mol. The van der Waals surface area contributed by atoms with Crippen LogP contribution in [0.25, 0.3) is 0 Å². The van der Waals surface area contributed by atoms with Crippen molar-refractivity contribution in [2.24, 2.45) is 0 Å². The number of nitrogens with one attached hydrogen (secondary N) is 1. The average molecular weight is 383 g/mol. The number of hydrogen-bond acceptors (Lipinski definition) is 4. The van der Waals surface area contributed by atoms with Gasteiger partial charge in [0.05, 0.1) is 14.2 Å². The Morgan fingerprint density at radius 3 is 2.18 bits per heavy atom. The number of amides is 2. The Morgan fingerprint density at radius 2 is 1.57 bits per heavy atom. The first-order valence-electron chi connectivity index (χ1n) is 9.71. The van der Waals surface area contributed by atoms with Gasteiger partial charge in [0.2, 0.25) is 0 Å². The SMILES string of the molecule is CCc1ccc(NC(=O)N2CCN(Cc3ccc(OC)c(OC)c3)CC2)cc1. The molecular formula is C22H29N3O3. The maximum Gasteiger partial charge on any atom is 0.321 e. The highest BCUT2D eigenvalue weighted by Gasteiger charge is 2.21. The third-order valence-electron chi connectivity index (χ3n) is 5.13. The second kappa shape index (κ2) is 9.46. The van der Waals surface area contributed by atoms with Crippen molar-refractivity contribution in [1.29, 1.82) is 0 Å². The Labute approximate surface area is 167 Å². The Hall–Kier alpha value is -2.73. The van der Waals surface area contributed by atoms with Gasteiger partial charge in [0.1, 0.15) is 0 Å². The van der Waals surface area contributed by atoms with Crippen molar-refractivity contribution in [3.63, 3.8) is 0 Å². The number of carbonyl (C=O) groups is 1. The molecule has 0 aromatic heterocycles. The lowest BCUT2D eigenvalue weighted by molar-refractivity contribution is 0.143. The lowest BCUT2D eigenvalue weighted by Gasteiger charge is -2.34. The third-order valence-corrected chi connectivity index (χ3v) is 5.13. The number of aryl methyl sites for hydroxylation is 1. The number of nitrogens with zero attached hydrogens (tertiary/aromatic N) is 2. The largest absolute Gasteiger partial charge is 0.493 e. The van der Waals surface area contributed by atoms with E-state index in [2.05, 4.69) is 35.3 Å². The minimum Gasteiger partial charge on any atom is -0.493 e. The van der Waals surface area contributed by atoms with Crippen LogP contribution < -0.4 is 14.8 Å². The number of urea groups is 1. The molecule has 2 aromatic carbocycles. The van der Waals surface area contributed by atoms with Gasteiger partial charge in [0.25, 0.3) is 0 Å². The van der Waals surface area contributed by atoms with E-state index in [-0.39, 0.29) is 6.03 Å². The van der Waals surface area contributed by atoms with E-state index in [0.717, 1.165) is 43.2 Å². The second-order valence-corrected chi connectivity index (χ2v) is 6.93. The molecule has 6 nitrogen and oxygen atoms in total. The van der Waals surface area contributed by atoms with Crippen LogP contribution in [0.1, 0.15) is 18.1 Å². The summed E-state index contributed by atoms with van der Waals surface area (Å²) in [4.78, 5) is 16.7. The molecule has 1 aliphatic rings. The first-order chi connectivity index (χ1) is 13.6. The lowest BCUT2D eigenvalue weighted by Crippen LogP contribution is -2.49. The number of rotatable bonds is 6. The number of ether oxygens (including phenoxy) is 2. The van der Waals surface area contributed by atoms with Crippen LogP contribution >= 0.6 is 0 Å². The smallest absolute Gasteiger partial charge is 0.321 e. The zero-order valence-corrected chi connectivity index (χ0v) is 16.9. The van der Waals surface area contributed by atoms with E-state index in [4.69, 9.17) is 9.47 Å². The number of hydrogen-bond donors (Lipinski definition) is 1.